The number of amides is 4. The van der Waals surface area contributed by atoms with Crippen LogP contribution in [0.3, 0.4) is 0 Å². The van der Waals surface area contributed by atoms with Crippen molar-refractivity contribution in [2.45, 2.75) is 83.0 Å². The lowest BCUT2D eigenvalue weighted by atomic mass is 9.98. The Balaban J connectivity index is 2.98. The molecule has 1 aliphatic heterocycles. The maximum Gasteiger partial charge on any atom is 0.326 e. The van der Waals surface area contributed by atoms with Crippen molar-refractivity contribution in [3.8, 4) is 0 Å². The Labute approximate surface area is 197 Å². The first kappa shape index (κ1) is 28.8. The highest BCUT2D eigenvalue weighted by atomic mass is 16.4. The Hall–Kier alpha value is -3.22. The summed E-state index contributed by atoms with van der Waals surface area (Å²) in [6, 6.07) is -4.46. The van der Waals surface area contributed by atoms with E-state index in [4.69, 9.17) is 16.6 Å². The van der Waals surface area contributed by atoms with Crippen LogP contribution in [0.1, 0.15) is 58.8 Å². The van der Waals surface area contributed by atoms with Crippen molar-refractivity contribution in [1.29, 1.82) is 0 Å². The molecule has 8 N–H and O–H groups in total. The third-order valence-electron chi connectivity index (χ3n) is 5.95. The summed E-state index contributed by atoms with van der Waals surface area (Å²) < 4.78 is 0. The van der Waals surface area contributed by atoms with Gasteiger partial charge < -0.3 is 37.2 Å². The van der Waals surface area contributed by atoms with Gasteiger partial charge in [0, 0.05) is 19.4 Å². The minimum absolute atomic E-state index is 0.0890. The molecule has 192 valence electrons. The van der Waals surface area contributed by atoms with E-state index in [2.05, 4.69) is 10.6 Å². The van der Waals surface area contributed by atoms with Crippen LogP contribution in [0.4, 0.5) is 0 Å². The number of nitrogens with two attached hydrogens (primary N) is 2. The highest BCUT2D eigenvalue weighted by Crippen LogP contribution is 2.20. The van der Waals surface area contributed by atoms with Gasteiger partial charge in [-0.15, -0.1) is 0 Å². The first-order valence-electron chi connectivity index (χ1n) is 11.3. The lowest BCUT2D eigenvalue weighted by Crippen LogP contribution is -2.57. The van der Waals surface area contributed by atoms with Gasteiger partial charge in [0.25, 0.3) is 0 Å². The number of nitrogens with one attached hydrogen (secondary N) is 2. The van der Waals surface area contributed by atoms with Crippen molar-refractivity contribution in [3.05, 3.63) is 0 Å². The average Bonchev–Trinajstić information content (AvgIpc) is 3.27. The summed E-state index contributed by atoms with van der Waals surface area (Å²) >= 11 is 0. The van der Waals surface area contributed by atoms with Crippen molar-refractivity contribution in [3.63, 3.8) is 0 Å². The van der Waals surface area contributed by atoms with Gasteiger partial charge in [0.15, 0.2) is 0 Å². The van der Waals surface area contributed by atoms with Crippen LogP contribution in [0.25, 0.3) is 0 Å². The van der Waals surface area contributed by atoms with Crippen LogP contribution < -0.4 is 22.1 Å². The fraction of sp³-hybridized carbons (Fsp3) is 0.714. The molecule has 34 heavy (non-hydrogen) atoms. The molecular weight excluding hydrogens is 450 g/mol. The van der Waals surface area contributed by atoms with E-state index in [1.165, 1.54) is 4.90 Å². The number of rotatable bonds is 14. The number of aliphatic carboxylic acids is 2. The van der Waals surface area contributed by atoms with Crippen LogP contribution in [0.15, 0.2) is 0 Å². The molecule has 0 aromatic rings. The summed E-state index contributed by atoms with van der Waals surface area (Å²) in [7, 11) is 0. The first-order valence-corrected chi connectivity index (χ1v) is 11.3. The number of nitrogens with zero attached hydrogens (tertiary/aromatic N) is 1. The second kappa shape index (κ2) is 13.5. The van der Waals surface area contributed by atoms with Gasteiger partial charge in [-0.1, -0.05) is 20.3 Å². The van der Waals surface area contributed by atoms with Crippen LogP contribution in [-0.2, 0) is 28.8 Å². The van der Waals surface area contributed by atoms with Crippen molar-refractivity contribution in [2.75, 3.05) is 6.54 Å². The van der Waals surface area contributed by atoms with E-state index in [1.54, 1.807) is 6.92 Å². The predicted molar refractivity (Wildman–Crippen MR) is 119 cm³/mol. The topological polar surface area (TPSA) is 222 Å². The summed E-state index contributed by atoms with van der Waals surface area (Å²) in [6.45, 7) is 3.83. The molecule has 4 amide bonds. The summed E-state index contributed by atoms with van der Waals surface area (Å²) in [6.07, 6.45) is 0.301. The molecule has 0 aromatic carbocycles. The highest BCUT2D eigenvalue weighted by Gasteiger charge is 2.39. The lowest BCUT2D eigenvalue weighted by Gasteiger charge is -2.30. The average molecular weight is 486 g/mol. The van der Waals surface area contributed by atoms with E-state index >= 15 is 0 Å². The second-order valence-electron chi connectivity index (χ2n) is 8.50. The molecule has 1 saturated heterocycles. The van der Waals surface area contributed by atoms with Gasteiger partial charge in [-0.25, -0.2) is 4.79 Å². The first-order chi connectivity index (χ1) is 15.9. The Bertz CT molecular complexity index is 789. The van der Waals surface area contributed by atoms with E-state index in [0.29, 0.717) is 12.8 Å². The van der Waals surface area contributed by atoms with Gasteiger partial charge in [0.05, 0.1) is 6.04 Å². The monoisotopic (exact) mass is 485 g/mol. The van der Waals surface area contributed by atoms with Crippen LogP contribution in [0, 0.1) is 5.92 Å². The zero-order valence-electron chi connectivity index (χ0n) is 19.5. The number of carbonyl (C=O) groups excluding carboxylic acids is 4. The second-order valence-corrected chi connectivity index (χ2v) is 8.50. The Morgan fingerprint density at radius 2 is 1.65 bits per heavy atom. The fourth-order valence-corrected chi connectivity index (χ4v) is 3.62. The summed E-state index contributed by atoms with van der Waals surface area (Å²) in [5.41, 5.74) is 11.1. The van der Waals surface area contributed by atoms with Crippen molar-refractivity contribution >= 4 is 35.6 Å². The van der Waals surface area contributed by atoms with Crippen molar-refractivity contribution < 1.29 is 39.0 Å². The normalized spacial score (nSPS) is 18.9. The molecule has 5 atom stereocenters. The zero-order valence-corrected chi connectivity index (χ0v) is 19.5. The largest absolute Gasteiger partial charge is 0.481 e. The summed E-state index contributed by atoms with van der Waals surface area (Å²) in [4.78, 5) is 73.3. The molecule has 0 spiro atoms. The standard InChI is InChI=1S/C21H35N5O8/c1-3-11(2)17(23)19(31)24-12(6-8-15(22)27)20(32)26-10-4-5-14(26)18(30)25-13(21(33)34)7-9-16(28)29/h11-14,17H,3-10,23H2,1-2H3,(H2,22,27)(H,24,31)(H,25,30)(H,28,29)(H,33,34). The quantitative estimate of drug-likeness (QED) is 0.169. The van der Waals surface area contributed by atoms with Gasteiger partial charge in [-0.3, -0.25) is 24.0 Å². The van der Waals surface area contributed by atoms with E-state index in [-0.39, 0.29) is 38.1 Å². The predicted octanol–water partition coefficient (Wildman–Crippen LogP) is -1.46. The van der Waals surface area contributed by atoms with E-state index in [1.807, 2.05) is 6.92 Å². The van der Waals surface area contributed by atoms with E-state index in [0.717, 1.165) is 0 Å². The van der Waals surface area contributed by atoms with Crippen LogP contribution in [0.2, 0.25) is 0 Å². The lowest BCUT2D eigenvalue weighted by molar-refractivity contribution is -0.145. The molecule has 5 unspecified atom stereocenters. The number of carboxylic acids is 2. The van der Waals surface area contributed by atoms with E-state index < -0.39 is 66.2 Å². The van der Waals surface area contributed by atoms with Gasteiger partial charge in [-0.05, 0) is 31.6 Å². The molecule has 0 radical (unpaired) electrons. The number of primary amides is 1. The molecule has 13 heteroatoms. The Morgan fingerprint density at radius 3 is 2.18 bits per heavy atom. The molecule has 13 nitrogen and oxygen atoms in total. The third kappa shape index (κ3) is 8.61. The summed E-state index contributed by atoms with van der Waals surface area (Å²) in [5, 5.41) is 22.9. The molecule has 1 heterocycles. The maximum absolute atomic E-state index is 13.2. The molecular formula is C21H35N5O8. The molecule has 1 aliphatic rings. The van der Waals surface area contributed by atoms with Crippen LogP contribution >= 0.6 is 0 Å². The molecule has 0 bridgehead atoms. The highest BCUT2D eigenvalue weighted by molar-refractivity contribution is 5.94. The maximum atomic E-state index is 13.2. The molecule has 1 rings (SSSR count). The minimum Gasteiger partial charge on any atom is -0.481 e. The van der Waals surface area contributed by atoms with Crippen LogP contribution in [0.5, 0.6) is 0 Å². The van der Waals surface area contributed by atoms with Crippen molar-refractivity contribution in [1.82, 2.24) is 15.5 Å². The van der Waals surface area contributed by atoms with Gasteiger partial charge >= 0.3 is 11.9 Å². The van der Waals surface area contributed by atoms with Crippen LogP contribution in [-0.4, -0.2) is 81.4 Å². The van der Waals surface area contributed by atoms with Crippen molar-refractivity contribution in [2.24, 2.45) is 17.4 Å². The summed E-state index contributed by atoms with van der Waals surface area (Å²) in [5.74, 6) is -5.34. The molecule has 0 saturated carbocycles. The molecule has 1 fully saturated rings. The molecule has 0 aliphatic carbocycles. The molecule has 0 aromatic heterocycles. The minimum atomic E-state index is -1.43. The zero-order chi connectivity index (χ0) is 26.0. The fourth-order valence-electron chi connectivity index (χ4n) is 3.62. The number of hydrogen-bond donors (Lipinski definition) is 6. The number of carbonyl (C=O) groups is 6. The van der Waals surface area contributed by atoms with Gasteiger partial charge in [0.2, 0.25) is 23.6 Å². The Kier molecular flexibility index (Phi) is 11.4. The smallest absolute Gasteiger partial charge is 0.326 e. The number of likely N-dealkylation sites (tertiary alicyclic amines) is 1. The van der Waals surface area contributed by atoms with E-state index in [9.17, 15) is 33.9 Å². The Morgan fingerprint density at radius 1 is 1.03 bits per heavy atom. The number of hydrogen-bond acceptors (Lipinski definition) is 7. The third-order valence-corrected chi connectivity index (χ3v) is 5.95. The van der Waals surface area contributed by atoms with Gasteiger partial charge in [0.1, 0.15) is 18.1 Å². The van der Waals surface area contributed by atoms with Gasteiger partial charge in [-0.2, -0.15) is 0 Å². The SMILES string of the molecule is CCC(C)C(N)C(=O)NC(CCC(N)=O)C(=O)N1CCCC1C(=O)NC(CCC(=O)O)C(=O)O. The number of carboxylic acid groups (broad SMARTS) is 2.